The molecule has 10 rings (SSSR count). The van der Waals surface area contributed by atoms with Crippen molar-refractivity contribution in [3.8, 4) is 33.6 Å². The second-order valence-corrected chi connectivity index (χ2v) is 14.8. The number of aromatic nitrogens is 2. The first-order valence-corrected chi connectivity index (χ1v) is 18.8. The molecule has 52 heavy (non-hydrogen) atoms. The van der Waals surface area contributed by atoms with Crippen LogP contribution in [0.4, 0.5) is 0 Å². The average molecular weight is 684 g/mol. The van der Waals surface area contributed by atoms with Gasteiger partial charge in [0, 0.05) is 32.9 Å². The molecule has 0 bridgehead atoms. The summed E-state index contributed by atoms with van der Waals surface area (Å²) in [7, 11) is -1.72. The molecule has 0 saturated heterocycles. The fourth-order valence-corrected chi connectivity index (χ4v) is 8.87. The molecule has 3 nitrogen and oxygen atoms in total. The number of para-hydroxylation sites is 4. The summed E-state index contributed by atoms with van der Waals surface area (Å²) in [6.45, 7) is 0. The third-order valence-corrected chi connectivity index (χ3v) is 11.8. The van der Waals surface area contributed by atoms with Gasteiger partial charge in [-0.25, -0.2) is 0 Å². The zero-order valence-corrected chi connectivity index (χ0v) is 29.1. The Kier molecular flexibility index (Phi) is 7.20. The standard InChI is InChI=1S/C48H32N2OP/c51-52(39-29-21-35(22-30-39)33-17-25-37(26-18-33)49-45-13-5-1-9-41(45)42-10-2-6-14-46(42)49)40-31-23-36(24-32-40)34-19-27-38(28-20-34)50-47-15-7-3-11-43(47)44-12-4-8-16-48(44)50/h1-32H/q+1. The van der Waals surface area contributed by atoms with Crippen LogP contribution >= 0.6 is 7.80 Å². The van der Waals surface area contributed by atoms with Gasteiger partial charge in [-0.2, -0.15) is 0 Å². The minimum atomic E-state index is -1.72. The van der Waals surface area contributed by atoms with Crippen molar-refractivity contribution in [3.63, 3.8) is 0 Å². The van der Waals surface area contributed by atoms with Crippen LogP contribution in [0.25, 0.3) is 77.2 Å². The van der Waals surface area contributed by atoms with Crippen molar-refractivity contribution in [2.24, 2.45) is 0 Å². The lowest BCUT2D eigenvalue weighted by Crippen LogP contribution is -2.06. The number of rotatable bonds is 6. The Hall–Kier alpha value is -6.54. The fourth-order valence-electron chi connectivity index (χ4n) is 7.73. The van der Waals surface area contributed by atoms with E-state index >= 15 is 0 Å². The van der Waals surface area contributed by atoms with Crippen LogP contribution in [0, 0.1) is 0 Å². The smallest absolute Gasteiger partial charge is 0.309 e. The van der Waals surface area contributed by atoms with Gasteiger partial charge in [-0.15, -0.1) is 0 Å². The first kappa shape index (κ1) is 30.3. The second-order valence-electron chi connectivity index (χ2n) is 13.2. The minimum Gasteiger partial charge on any atom is -0.309 e. The van der Waals surface area contributed by atoms with Crippen molar-refractivity contribution in [1.29, 1.82) is 0 Å². The van der Waals surface area contributed by atoms with Gasteiger partial charge in [0.1, 0.15) is 0 Å². The minimum absolute atomic E-state index is 0.823. The molecule has 10 aromatic rings. The fraction of sp³-hybridized carbons (Fsp3) is 0. The van der Waals surface area contributed by atoms with Crippen molar-refractivity contribution >= 4 is 62.0 Å². The first-order chi connectivity index (χ1) is 25.7. The van der Waals surface area contributed by atoms with E-state index in [-0.39, 0.29) is 0 Å². The highest BCUT2D eigenvalue weighted by Crippen LogP contribution is 2.34. The molecule has 0 aliphatic rings. The van der Waals surface area contributed by atoms with Crippen LogP contribution < -0.4 is 10.6 Å². The summed E-state index contributed by atoms with van der Waals surface area (Å²) < 4.78 is 18.3. The molecule has 0 fully saturated rings. The monoisotopic (exact) mass is 683 g/mol. The van der Waals surface area contributed by atoms with E-state index in [1.165, 1.54) is 43.6 Å². The third kappa shape index (κ3) is 4.98. The van der Waals surface area contributed by atoms with Gasteiger partial charge < -0.3 is 9.13 Å². The molecule has 0 aliphatic carbocycles. The van der Waals surface area contributed by atoms with Crippen LogP contribution in [-0.2, 0) is 4.57 Å². The van der Waals surface area contributed by atoms with Crippen molar-refractivity contribution in [2.45, 2.75) is 0 Å². The van der Waals surface area contributed by atoms with Gasteiger partial charge in [0.15, 0.2) is 10.6 Å². The molecule has 0 unspecified atom stereocenters. The maximum absolute atomic E-state index is 13.7. The normalized spacial score (nSPS) is 11.5. The molecule has 244 valence electrons. The van der Waals surface area contributed by atoms with Gasteiger partial charge >= 0.3 is 7.80 Å². The van der Waals surface area contributed by atoms with Crippen LogP contribution in [-0.4, -0.2) is 9.13 Å². The Morgan fingerprint density at radius 1 is 0.288 bits per heavy atom. The number of hydrogen-bond acceptors (Lipinski definition) is 1. The molecular formula is C48H32N2OP+. The molecular weight excluding hydrogens is 652 g/mol. The summed E-state index contributed by atoms with van der Waals surface area (Å²) in [4.78, 5) is 0. The van der Waals surface area contributed by atoms with Gasteiger partial charge in [0.25, 0.3) is 0 Å². The van der Waals surface area contributed by atoms with E-state index in [1.807, 2.05) is 24.3 Å². The lowest BCUT2D eigenvalue weighted by Gasteiger charge is -2.09. The predicted octanol–water partition coefficient (Wildman–Crippen LogP) is 12.0. The molecule has 0 aliphatic heterocycles. The highest BCUT2D eigenvalue weighted by Gasteiger charge is 2.23. The van der Waals surface area contributed by atoms with Crippen molar-refractivity contribution < 1.29 is 4.57 Å². The van der Waals surface area contributed by atoms with Crippen LogP contribution in [0.3, 0.4) is 0 Å². The number of nitrogens with zero attached hydrogens (tertiary/aromatic N) is 2. The Morgan fingerprint density at radius 2 is 0.538 bits per heavy atom. The van der Waals surface area contributed by atoms with Gasteiger partial charge in [-0.3, -0.25) is 0 Å². The summed E-state index contributed by atoms with van der Waals surface area (Å²) in [5.74, 6) is 0. The van der Waals surface area contributed by atoms with Crippen LogP contribution in [0.2, 0.25) is 0 Å². The number of benzene rings is 8. The Balaban J connectivity index is 0.872. The van der Waals surface area contributed by atoms with E-state index in [9.17, 15) is 4.57 Å². The van der Waals surface area contributed by atoms with Crippen molar-refractivity contribution in [2.75, 3.05) is 0 Å². The lowest BCUT2D eigenvalue weighted by atomic mass is 10.1. The highest BCUT2D eigenvalue weighted by molar-refractivity contribution is 7.61. The van der Waals surface area contributed by atoms with Crippen LogP contribution in [0.5, 0.6) is 0 Å². The van der Waals surface area contributed by atoms with Crippen LogP contribution in [0.1, 0.15) is 0 Å². The predicted molar refractivity (Wildman–Crippen MR) is 219 cm³/mol. The maximum Gasteiger partial charge on any atom is 0.415 e. The van der Waals surface area contributed by atoms with Crippen LogP contribution in [0.15, 0.2) is 194 Å². The van der Waals surface area contributed by atoms with Gasteiger partial charge in [-0.05, 0) is 119 Å². The Labute approximate surface area is 302 Å². The summed E-state index contributed by atoms with van der Waals surface area (Å²) >= 11 is 0. The lowest BCUT2D eigenvalue weighted by molar-refractivity contribution is 0.598. The molecule has 0 saturated carbocycles. The quantitative estimate of drug-likeness (QED) is 0.160. The van der Waals surface area contributed by atoms with Gasteiger partial charge in [-0.1, -0.05) is 102 Å². The molecule has 0 amide bonds. The summed E-state index contributed by atoms with van der Waals surface area (Å²) in [6.07, 6.45) is 0. The Morgan fingerprint density at radius 3 is 0.827 bits per heavy atom. The molecule has 0 spiro atoms. The zero-order chi connectivity index (χ0) is 34.6. The molecule has 8 aromatic carbocycles. The third-order valence-electron chi connectivity index (χ3n) is 10.3. The maximum atomic E-state index is 13.7. The molecule has 0 atom stereocenters. The van der Waals surface area contributed by atoms with E-state index < -0.39 is 7.80 Å². The highest BCUT2D eigenvalue weighted by atomic mass is 31.1. The molecule has 0 radical (unpaired) electrons. The number of hydrogen-bond donors (Lipinski definition) is 0. The molecule has 2 aromatic heterocycles. The van der Waals surface area contributed by atoms with E-state index in [0.29, 0.717) is 0 Å². The molecule has 4 heteroatoms. The molecule has 0 N–H and O–H groups in total. The summed E-state index contributed by atoms with van der Waals surface area (Å²) in [5.41, 5.74) is 11.5. The largest absolute Gasteiger partial charge is 0.415 e. The molecule has 2 heterocycles. The van der Waals surface area contributed by atoms with Gasteiger partial charge in [0.2, 0.25) is 0 Å². The van der Waals surface area contributed by atoms with Crippen molar-refractivity contribution in [1.82, 2.24) is 9.13 Å². The summed E-state index contributed by atoms with van der Waals surface area (Å²) in [5, 5.41) is 6.67. The van der Waals surface area contributed by atoms with E-state index in [1.54, 1.807) is 0 Å². The van der Waals surface area contributed by atoms with Gasteiger partial charge in [0.05, 0.1) is 22.1 Å². The SMILES string of the molecule is O=[P+](c1ccc(-c2ccc(-n3c4ccccc4c4ccccc43)cc2)cc1)c1ccc(-c2ccc(-n3c4ccccc4c4ccccc43)cc2)cc1. The summed E-state index contributed by atoms with van der Waals surface area (Å²) in [6, 6.07) is 68.0. The van der Waals surface area contributed by atoms with E-state index in [0.717, 1.165) is 44.2 Å². The number of fused-ring (bicyclic) bond motifs is 6. The average Bonchev–Trinajstić information content (AvgIpc) is 3.74. The second kappa shape index (κ2) is 12.3. The van der Waals surface area contributed by atoms with E-state index in [4.69, 9.17) is 0 Å². The zero-order valence-electron chi connectivity index (χ0n) is 28.2. The van der Waals surface area contributed by atoms with Crippen molar-refractivity contribution in [3.05, 3.63) is 194 Å². The van der Waals surface area contributed by atoms with E-state index in [2.05, 4.69) is 179 Å². The Bertz CT molecular complexity index is 2630. The first-order valence-electron chi connectivity index (χ1n) is 17.6. The topological polar surface area (TPSA) is 26.9 Å².